The van der Waals surface area contributed by atoms with E-state index in [9.17, 15) is 0 Å². The van der Waals surface area contributed by atoms with Crippen molar-refractivity contribution in [3.05, 3.63) is 134 Å². The fraction of sp³-hybridized carbons (Fsp3) is 0. The maximum atomic E-state index is 6.09. The minimum atomic E-state index is 0.810. The normalized spacial score (nSPS) is 11.7. The van der Waals surface area contributed by atoms with E-state index in [1.54, 1.807) is 0 Å². The van der Waals surface area contributed by atoms with Crippen LogP contribution in [0.2, 0.25) is 0 Å². The van der Waals surface area contributed by atoms with E-state index in [0.29, 0.717) is 0 Å². The van der Waals surface area contributed by atoms with E-state index in [2.05, 4.69) is 119 Å². The second-order valence-electron chi connectivity index (χ2n) is 9.63. The van der Waals surface area contributed by atoms with Crippen molar-refractivity contribution < 1.29 is 4.42 Å². The molecule has 3 nitrogen and oxygen atoms in total. The van der Waals surface area contributed by atoms with Crippen LogP contribution >= 0.6 is 0 Å². The molecule has 8 aromatic rings. The van der Waals surface area contributed by atoms with Crippen LogP contribution in [0.4, 0.5) is 0 Å². The zero-order valence-corrected chi connectivity index (χ0v) is 20.5. The molecule has 3 aromatic heterocycles. The summed E-state index contributed by atoms with van der Waals surface area (Å²) < 4.78 is 8.45. The standard InChI is InChI=1S/C35H22N2O/c1-3-16-30-28(13-1)29-14-2-4-17-31(29)37(30)26-12-6-10-24(22-26)23-9-5-11-25(21-23)27-15-7-18-32-34(27)35-33(38-32)19-8-20-36-35/h1-22H. The Hall–Kier alpha value is -5.15. The Bertz CT molecular complexity index is 2090. The van der Waals surface area contributed by atoms with Gasteiger partial charge in [0.25, 0.3) is 0 Å². The molecule has 0 bridgehead atoms. The average Bonchev–Trinajstić information content (AvgIpc) is 3.53. The molecule has 0 atom stereocenters. The molecule has 0 aliphatic carbocycles. The van der Waals surface area contributed by atoms with Crippen molar-refractivity contribution in [2.24, 2.45) is 0 Å². The largest absolute Gasteiger partial charge is 0.454 e. The van der Waals surface area contributed by atoms with E-state index in [0.717, 1.165) is 38.9 Å². The number of pyridine rings is 1. The third-order valence-electron chi connectivity index (χ3n) is 7.44. The van der Waals surface area contributed by atoms with E-state index >= 15 is 0 Å². The Morgan fingerprint density at radius 3 is 2.00 bits per heavy atom. The molecule has 0 fully saturated rings. The van der Waals surface area contributed by atoms with Crippen molar-refractivity contribution in [2.75, 3.05) is 0 Å². The van der Waals surface area contributed by atoms with E-state index in [-0.39, 0.29) is 0 Å². The van der Waals surface area contributed by atoms with Gasteiger partial charge in [-0.1, -0.05) is 78.9 Å². The second-order valence-corrected chi connectivity index (χ2v) is 9.63. The summed E-state index contributed by atoms with van der Waals surface area (Å²) in [6.07, 6.45) is 1.82. The fourth-order valence-electron chi connectivity index (χ4n) is 5.77. The topological polar surface area (TPSA) is 31.0 Å². The molecule has 0 aliphatic rings. The van der Waals surface area contributed by atoms with Crippen molar-refractivity contribution in [2.45, 2.75) is 0 Å². The first-order valence-electron chi connectivity index (χ1n) is 12.8. The molecule has 0 amide bonds. The van der Waals surface area contributed by atoms with Gasteiger partial charge in [-0.3, -0.25) is 4.98 Å². The highest BCUT2D eigenvalue weighted by Gasteiger charge is 2.15. The summed E-state index contributed by atoms with van der Waals surface area (Å²) in [4.78, 5) is 4.63. The molecule has 3 heterocycles. The van der Waals surface area contributed by atoms with Gasteiger partial charge in [0.15, 0.2) is 5.58 Å². The molecule has 5 aromatic carbocycles. The summed E-state index contributed by atoms with van der Waals surface area (Å²) in [5.41, 5.74) is 10.8. The van der Waals surface area contributed by atoms with Crippen LogP contribution < -0.4 is 0 Å². The summed E-state index contributed by atoms with van der Waals surface area (Å²) >= 11 is 0. The molecule has 0 spiro atoms. The van der Waals surface area contributed by atoms with Crippen LogP contribution in [-0.4, -0.2) is 9.55 Å². The number of furan rings is 1. The van der Waals surface area contributed by atoms with E-state index < -0.39 is 0 Å². The second kappa shape index (κ2) is 8.19. The van der Waals surface area contributed by atoms with Crippen molar-refractivity contribution in [1.82, 2.24) is 9.55 Å². The summed E-state index contributed by atoms with van der Waals surface area (Å²) in [6, 6.07) is 44.9. The lowest BCUT2D eigenvalue weighted by molar-refractivity contribution is 0.668. The van der Waals surface area contributed by atoms with Gasteiger partial charge in [0.1, 0.15) is 11.1 Å². The number of hydrogen-bond donors (Lipinski definition) is 0. The van der Waals surface area contributed by atoms with Gasteiger partial charge in [-0.05, 0) is 70.8 Å². The molecule has 3 heteroatoms. The Labute approximate surface area is 219 Å². The van der Waals surface area contributed by atoms with Crippen LogP contribution in [0, 0.1) is 0 Å². The number of aromatic nitrogens is 2. The number of rotatable bonds is 3. The van der Waals surface area contributed by atoms with Crippen LogP contribution in [0.5, 0.6) is 0 Å². The molecular weight excluding hydrogens is 464 g/mol. The minimum absolute atomic E-state index is 0.810. The molecule has 0 radical (unpaired) electrons. The highest BCUT2D eigenvalue weighted by atomic mass is 16.3. The maximum Gasteiger partial charge on any atom is 0.153 e. The highest BCUT2D eigenvalue weighted by Crippen LogP contribution is 2.37. The van der Waals surface area contributed by atoms with Gasteiger partial charge in [-0.25, -0.2) is 0 Å². The van der Waals surface area contributed by atoms with Gasteiger partial charge >= 0.3 is 0 Å². The third kappa shape index (κ3) is 3.12. The van der Waals surface area contributed by atoms with E-state index in [1.807, 2.05) is 24.4 Å². The van der Waals surface area contributed by atoms with Gasteiger partial charge < -0.3 is 8.98 Å². The third-order valence-corrected chi connectivity index (χ3v) is 7.44. The predicted molar refractivity (Wildman–Crippen MR) is 157 cm³/mol. The predicted octanol–water partition coefficient (Wildman–Crippen LogP) is 9.41. The Morgan fingerprint density at radius 1 is 0.526 bits per heavy atom. The van der Waals surface area contributed by atoms with Gasteiger partial charge in [-0.2, -0.15) is 0 Å². The van der Waals surface area contributed by atoms with E-state index in [4.69, 9.17) is 4.42 Å². The first-order valence-corrected chi connectivity index (χ1v) is 12.8. The van der Waals surface area contributed by atoms with Crippen LogP contribution in [0.1, 0.15) is 0 Å². The Kier molecular flexibility index (Phi) is 4.52. The zero-order valence-electron chi connectivity index (χ0n) is 20.5. The Balaban J connectivity index is 1.30. The maximum absolute atomic E-state index is 6.09. The average molecular weight is 487 g/mol. The summed E-state index contributed by atoms with van der Waals surface area (Å²) in [6.45, 7) is 0. The number of benzene rings is 5. The lowest BCUT2D eigenvalue weighted by Crippen LogP contribution is -1.94. The molecule has 0 saturated carbocycles. The molecule has 8 rings (SSSR count). The lowest BCUT2D eigenvalue weighted by Gasteiger charge is -2.11. The van der Waals surface area contributed by atoms with Gasteiger partial charge in [-0.15, -0.1) is 0 Å². The SMILES string of the molecule is c1cc(-c2cccc(-n3c4ccccc4c4ccccc43)c2)cc(-c2cccc3oc4cccnc4c23)c1. The number of hydrogen-bond acceptors (Lipinski definition) is 2. The number of fused-ring (bicyclic) bond motifs is 6. The molecule has 0 saturated heterocycles. The van der Waals surface area contributed by atoms with Crippen molar-refractivity contribution >= 4 is 43.9 Å². The fourth-order valence-corrected chi connectivity index (χ4v) is 5.77. The van der Waals surface area contributed by atoms with Gasteiger partial charge in [0.2, 0.25) is 0 Å². The van der Waals surface area contributed by atoms with Crippen LogP contribution in [0.3, 0.4) is 0 Å². The van der Waals surface area contributed by atoms with Crippen molar-refractivity contribution in [3.8, 4) is 27.9 Å². The van der Waals surface area contributed by atoms with Crippen LogP contribution in [0.25, 0.3) is 71.8 Å². The monoisotopic (exact) mass is 486 g/mol. The van der Waals surface area contributed by atoms with Crippen LogP contribution in [-0.2, 0) is 0 Å². The highest BCUT2D eigenvalue weighted by molar-refractivity contribution is 6.11. The summed E-state index contributed by atoms with van der Waals surface area (Å²) in [5.74, 6) is 0. The molecule has 0 unspecified atom stereocenters. The smallest absolute Gasteiger partial charge is 0.153 e. The number of para-hydroxylation sites is 2. The van der Waals surface area contributed by atoms with Crippen molar-refractivity contribution in [3.63, 3.8) is 0 Å². The van der Waals surface area contributed by atoms with Crippen LogP contribution in [0.15, 0.2) is 138 Å². The van der Waals surface area contributed by atoms with Gasteiger partial charge in [0, 0.05) is 22.7 Å². The molecule has 0 N–H and O–H groups in total. The molecule has 178 valence electrons. The van der Waals surface area contributed by atoms with Gasteiger partial charge in [0.05, 0.1) is 16.4 Å². The Morgan fingerprint density at radius 2 is 1.18 bits per heavy atom. The first kappa shape index (κ1) is 21.0. The summed E-state index contributed by atoms with van der Waals surface area (Å²) in [7, 11) is 0. The number of nitrogens with zero attached hydrogens (tertiary/aromatic N) is 2. The quantitative estimate of drug-likeness (QED) is 0.249. The lowest BCUT2D eigenvalue weighted by atomic mass is 9.96. The molecular formula is C35H22N2O. The van der Waals surface area contributed by atoms with E-state index in [1.165, 1.54) is 32.9 Å². The van der Waals surface area contributed by atoms with Crippen molar-refractivity contribution in [1.29, 1.82) is 0 Å². The molecule has 0 aliphatic heterocycles. The molecule has 38 heavy (non-hydrogen) atoms. The minimum Gasteiger partial charge on any atom is -0.454 e. The summed E-state index contributed by atoms with van der Waals surface area (Å²) in [5, 5.41) is 3.59. The zero-order chi connectivity index (χ0) is 25.1. The first-order chi connectivity index (χ1) is 18.8.